The molecule has 1 aliphatic heterocycles. The van der Waals surface area contributed by atoms with Crippen LogP contribution in [0.25, 0.3) is 0 Å². The van der Waals surface area contributed by atoms with Crippen LogP contribution in [0.15, 0.2) is 30.5 Å². The van der Waals surface area contributed by atoms with Crippen molar-refractivity contribution in [3.05, 3.63) is 47.5 Å². The fraction of sp³-hybridized carbons (Fsp3) is 0.649. The van der Waals surface area contributed by atoms with Gasteiger partial charge in [-0.2, -0.15) is 5.10 Å². The maximum atomic E-state index is 13.9. The van der Waals surface area contributed by atoms with Crippen molar-refractivity contribution in [1.29, 1.82) is 0 Å². The van der Waals surface area contributed by atoms with Crippen LogP contribution in [0.4, 0.5) is 10.1 Å². The number of carbonyl (C=O) groups excluding carboxylic acids is 4. The van der Waals surface area contributed by atoms with E-state index < -0.39 is 17.3 Å². The molecule has 2 heterocycles. The van der Waals surface area contributed by atoms with Gasteiger partial charge in [-0.15, -0.1) is 0 Å². The number of halogens is 1. The average Bonchev–Trinajstić information content (AvgIpc) is 4.02. The first-order chi connectivity index (χ1) is 23.5. The first kappa shape index (κ1) is 38.2. The number of likely N-dealkylation sites (N-methyl/N-ethyl adjacent to an activating group) is 2. The third-order valence-corrected chi connectivity index (χ3v) is 11.0. The summed E-state index contributed by atoms with van der Waals surface area (Å²) >= 11 is 0. The van der Waals surface area contributed by atoms with Crippen molar-refractivity contribution in [2.75, 3.05) is 45.6 Å². The third-order valence-electron chi connectivity index (χ3n) is 11.0. The predicted molar refractivity (Wildman–Crippen MR) is 189 cm³/mol. The predicted octanol–water partition coefficient (Wildman–Crippen LogP) is 4.37. The first-order valence-electron chi connectivity index (χ1n) is 17.9. The van der Waals surface area contributed by atoms with Gasteiger partial charge in [0.15, 0.2) is 0 Å². The normalized spacial score (nSPS) is 20.7. The van der Waals surface area contributed by atoms with Gasteiger partial charge in [0, 0.05) is 56.8 Å². The van der Waals surface area contributed by atoms with Gasteiger partial charge in [0.2, 0.25) is 12.3 Å². The molecule has 3 aliphatic carbocycles. The van der Waals surface area contributed by atoms with E-state index in [-0.39, 0.29) is 30.0 Å². The molecule has 2 unspecified atom stereocenters. The van der Waals surface area contributed by atoms with Crippen LogP contribution in [-0.4, -0.2) is 96.4 Å². The van der Waals surface area contributed by atoms with Gasteiger partial charge in [-0.1, -0.05) is 13.0 Å². The van der Waals surface area contributed by atoms with E-state index in [0.29, 0.717) is 42.7 Å². The van der Waals surface area contributed by atoms with Gasteiger partial charge in [-0.25, -0.2) is 4.39 Å². The fourth-order valence-electron chi connectivity index (χ4n) is 7.01. The largest absolute Gasteiger partial charge is 0.348 e. The standard InChI is InChI=1S/C16H25N3O.C15H17FN2O3.C6H14N2/c1-3-19-14(6-11-17-19)15(20)18-12(2)13-4-7-16(8-5-13)9-10-16;1-2-14(21)18-13(8-19)15(5-6-15)10-3-4-12(17-9-20)11(16)7-10;1-7-3-5-8(2)6-4-7/h6,11-13H,3-5,7-10H2,1-2H3,(H,18,20);3-4,7-9,13H,2,5-6H2,1H3,(H,17,20)(H,18,21);3-6H2,1-2H3. The molecule has 0 radical (unpaired) electrons. The van der Waals surface area contributed by atoms with Crippen LogP contribution in [0.2, 0.25) is 0 Å². The highest BCUT2D eigenvalue weighted by Crippen LogP contribution is 2.57. The second kappa shape index (κ2) is 17.3. The van der Waals surface area contributed by atoms with Crippen LogP contribution >= 0.6 is 0 Å². The number of aryl methyl sites for hydroxylation is 1. The van der Waals surface area contributed by atoms with Crippen LogP contribution < -0.4 is 16.0 Å². The Morgan fingerprint density at radius 3 is 2.08 bits per heavy atom. The Balaban J connectivity index is 0.000000181. The summed E-state index contributed by atoms with van der Waals surface area (Å²) < 4.78 is 15.6. The van der Waals surface area contributed by atoms with E-state index >= 15 is 0 Å². The van der Waals surface area contributed by atoms with Gasteiger partial charge < -0.3 is 30.5 Å². The van der Waals surface area contributed by atoms with E-state index in [1.54, 1.807) is 29.9 Å². The Labute approximate surface area is 290 Å². The average molecular weight is 682 g/mol. The molecule has 2 atom stereocenters. The molecule has 1 saturated heterocycles. The summed E-state index contributed by atoms with van der Waals surface area (Å²) in [5.41, 5.74) is 1.61. The molecular weight excluding hydrogens is 625 g/mol. The smallest absolute Gasteiger partial charge is 0.269 e. The van der Waals surface area contributed by atoms with Gasteiger partial charge in [0.1, 0.15) is 17.8 Å². The molecule has 12 heteroatoms. The minimum absolute atomic E-state index is 0.0172. The topological polar surface area (TPSA) is 129 Å². The number of piperazine rings is 1. The van der Waals surface area contributed by atoms with Gasteiger partial charge in [0.25, 0.3) is 5.91 Å². The zero-order valence-electron chi connectivity index (χ0n) is 30.0. The van der Waals surface area contributed by atoms with Crippen molar-refractivity contribution in [3.63, 3.8) is 0 Å². The maximum Gasteiger partial charge on any atom is 0.269 e. The second-order valence-corrected chi connectivity index (χ2v) is 14.4. The molecule has 2 aromatic rings. The van der Waals surface area contributed by atoms with Crippen LogP contribution in [0, 0.1) is 17.2 Å². The highest BCUT2D eigenvalue weighted by Gasteiger charge is 2.51. The number of aldehydes is 1. The second-order valence-electron chi connectivity index (χ2n) is 14.4. The number of benzene rings is 1. The van der Waals surface area contributed by atoms with Crippen molar-refractivity contribution in [2.45, 2.75) is 103 Å². The maximum absolute atomic E-state index is 13.9. The van der Waals surface area contributed by atoms with E-state index in [9.17, 15) is 23.6 Å². The van der Waals surface area contributed by atoms with Crippen LogP contribution in [0.1, 0.15) is 94.6 Å². The summed E-state index contributed by atoms with van der Waals surface area (Å²) in [4.78, 5) is 50.2. The van der Waals surface area contributed by atoms with E-state index in [0.717, 1.165) is 12.0 Å². The van der Waals surface area contributed by atoms with Gasteiger partial charge >= 0.3 is 0 Å². The lowest BCUT2D eigenvalue weighted by molar-refractivity contribution is -0.124. The SMILES string of the molecule is CCC(=O)NC(C=O)C1(c2ccc(NC=O)c(F)c2)CC1.CCn1nccc1C(=O)NC(C)C1CCC2(CC1)CC2.CN1CCN(C)CC1. The number of nitrogens with zero attached hydrogens (tertiary/aromatic N) is 4. The van der Waals surface area contributed by atoms with E-state index in [1.807, 2.05) is 6.92 Å². The zero-order valence-corrected chi connectivity index (χ0v) is 30.0. The number of carbonyl (C=O) groups is 4. The molecule has 3 amide bonds. The van der Waals surface area contributed by atoms with Crippen LogP contribution in [-0.2, 0) is 26.3 Å². The Morgan fingerprint density at radius 1 is 0.959 bits per heavy atom. The summed E-state index contributed by atoms with van der Waals surface area (Å²) in [5, 5.41) is 12.3. The van der Waals surface area contributed by atoms with Crippen molar-refractivity contribution in [1.82, 2.24) is 30.2 Å². The Hall–Kier alpha value is -3.64. The highest BCUT2D eigenvalue weighted by molar-refractivity contribution is 5.92. The molecule has 6 rings (SSSR count). The molecular formula is C37H56FN7O4. The summed E-state index contributed by atoms with van der Waals surface area (Å²) in [6.45, 7) is 11.5. The quantitative estimate of drug-likeness (QED) is 0.301. The summed E-state index contributed by atoms with van der Waals surface area (Å²) in [5.74, 6) is -0.109. The van der Waals surface area contributed by atoms with Crippen molar-refractivity contribution >= 4 is 30.2 Å². The zero-order chi connectivity index (χ0) is 35.6. The van der Waals surface area contributed by atoms with Crippen LogP contribution in [0.3, 0.4) is 0 Å². The number of rotatable bonds is 11. The third kappa shape index (κ3) is 10.2. The lowest BCUT2D eigenvalue weighted by Crippen LogP contribution is -2.44. The molecule has 1 aromatic heterocycles. The monoisotopic (exact) mass is 681 g/mol. The minimum atomic E-state index is -0.658. The van der Waals surface area contributed by atoms with E-state index in [4.69, 9.17) is 0 Å². The lowest BCUT2D eigenvalue weighted by Gasteiger charge is -2.32. The van der Waals surface area contributed by atoms with Crippen molar-refractivity contribution in [2.24, 2.45) is 11.3 Å². The van der Waals surface area contributed by atoms with Gasteiger partial charge in [-0.3, -0.25) is 19.1 Å². The molecule has 4 fully saturated rings. The number of nitrogens with one attached hydrogen (secondary N) is 3. The number of aromatic nitrogens is 2. The molecule has 0 bridgehead atoms. The number of hydrogen-bond acceptors (Lipinski definition) is 7. The molecule has 1 spiro atoms. The van der Waals surface area contributed by atoms with Gasteiger partial charge in [-0.05, 0) is 114 Å². The summed E-state index contributed by atoms with van der Waals surface area (Å²) in [6, 6.07) is 5.85. The summed E-state index contributed by atoms with van der Waals surface area (Å²) in [7, 11) is 4.35. The van der Waals surface area contributed by atoms with Crippen LogP contribution in [0.5, 0.6) is 0 Å². The summed E-state index contributed by atoms with van der Waals surface area (Å²) in [6.07, 6.45) is 12.7. The molecule has 11 nitrogen and oxygen atoms in total. The number of hydrogen-bond donors (Lipinski definition) is 3. The minimum Gasteiger partial charge on any atom is -0.348 e. The Kier molecular flexibility index (Phi) is 13.5. The molecule has 270 valence electrons. The van der Waals surface area contributed by atoms with E-state index in [2.05, 4.69) is 51.9 Å². The van der Waals surface area contributed by atoms with E-state index in [1.165, 1.54) is 76.8 Å². The molecule has 3 N–H and O–H groups in total. The Bertz CT molecular complexity index is 1400. The Morgan fingerprint density at radius 2 is 1.59 bits per heavy atom. The molecule has 3 saturated carbocycles. The number of amides is 3. The highest BCUT2D eigenvalue weighted by atomic mass is 19.1. The number of anilines is 1. The van der Waals surface area contributed by atoms with Crippen molar-refractivity contribution < 1.29 is 23.6 Å². The fourth-order valence-corrected chi connectivity index (χ4v) is 7.01. The molecule has 1 aromatic carbocycles. The molecule has 49 heavy (non-hydrogen) atoms. The molecule has 4 aliphatic rings. The first-order valence-corrected chi connectivity index (χ1v) is 17.9. The van der Waals surface area contributed by atoms with Crippen molar-refractivity contribution in [3.8, 4) is 0 Å². The lowest BCUT2D eigenvalue weighted by atomic mass is 9.77. The van der Waals surface area contributed by atoms with Gasteiger partial charge in [0.05, 0.1) is 11.7 Å².